The zero-order valence-electron chi connectivity index (χ0n) is 12.2. The first kappa shape index (κ1) is 17.3. The molecule has 3 N–H and O–H groups in total. The molecule has 23 heavy (non-hydrogen) atoms. The van der Waals surface area contributed by atoms with Crippen LogP contribution in [0.4, 0.5) is 13.2 Å². The summed E-state index contributed by atoms with van der Waals surface area (Å²) in [6.45, 7) is 0.465. The second kappa shape index (κ2) is 6.99. The van der Waals surface area contributed by atoms with E-state index in [0.717, 1.165) is 18.6 Å². The Kier molecular flexibility index (Phi) is 5.25. The Labute approximate surface area is 131 Å². The van der Waals surface area contributed by atoms with Gasteiger partial charge in [-0.25, -0.2) is 0 Å². The van der Waals surface area contributed by atoms with E-state index in [2.05, 4.69) is 5.32 Å². The lowest BCUT2D eigenvalue weighted by Gasteiger charge is -2.18. The number of primary amides is 1. The minimum atomic E-state index is -4.47. The molecule has 0 unspecified atom stereocenters. The molecule has 1 saturated heterocycles. The highest BCUT2D eigenvalue weighted by atomic mass is 19.4. The highest BCUT2D eigenvalue weighted by Crippen LogP contribution is 2.29. The molecule has 5 nitrogen and oxygen atoms in total. The quantitative estimate of drug-likeness (QED) is 0.856. The normalized spacial score (nSPS) is 19.3. The lowest BCUT2D eigenvalue weighted by molar-refractivity contribution is -0.137. The molecule has 2 atom stereocenters. The van der Waals surface area contributed by atoms with E-state index in [1.54, 1.807) is 0 Å². The molecule has 1 aliphatic heterocycles. The summed E-state index contributed by atoms with van der Waals surface area (Å²) in [5.41, 5.74) is 4.68. The number of amides is 2. The Morgan fingerprint density at radius 1 is 1.39 bits per heavy atom. The fourth-order valence-corrected chi connectivity index (χ4v) is 2.38. The lowest BCUT2D eigenvalue weighted by atomic mass is 10.0. The first-order valence-electron chi connectivity index (χ1n) is 7.15. The fourth-order valence-electron chi connectivity index (χ4n) is 2.38. The summed E-state index contributed by atoms with van der Waals surface area (Å²) in [6, 6.07) is 3.49. The maximum Gasteiger partial charge on any atom is 0.416 e. The summed E-state index contributed by atoms with van der Waals surface area (Å²) in [7, 11) is 0. The molecule has 1 aromatic carbocycles. The average molecular weight is 330 g/mol. The molecular formula is C15H17F3N2O3. The number of ether oxygens (including phenoxy) is 1. The van der Waals surface area contributed by atoms with Crippen LogP contribution in [0.2, 0.25) is 0 Å². The number of carbonyl (C=O) groups is 2. The summed E-state index contributed by atoms with van der Waals surface area (Å²) < 4.78 is 43.3. The molecule has 2 amide bonds. The monoisotopic (exact) mass is 330 g/mol. The molecule has 0 aromatic heterocycles. The van der Waals surface area contributed by atoms with Gasteiger partial charge in [-0.3, -0.25) is 9.59 Å². The molecule has 0 aliphatic carbocycles. The van der Waals surface area contributed by atoms with Gasteiger partial charge in [0.1, 0.15) is 12.1 Å². The van der Waals surface area contributed by atoms with E-state index in [-0.39, 0.29) is 12.0 Å². The van der Waals surface area contributed by atoms with Gasteiger partial charge in [-0.1, -0.05) is 18.2 Å². The topological polar surface area (TPSA) is 81.4 Å². The van der Waals surface area contributed by atoms with E-state index >= 15 is 0 Å². The van der Waals surface area contributed by atoms with Gasteiger partial charge in [0.05, 0.1) is 5.56 Å². The van der Waals surface area contributed by atoms with E-state index in [4.69, 9.17) is 10.5 Å². The third kappa shape index (κ3) is 4.69. The largest absolute Gasteiger partial charge is 0.416 e. The van der Waals surface area contributed by atoms with Crippen molar-refractivity contribution in [3.63, 3.8) is 0 Å². The van der Waals surface area contributed by atoms with E-state index in [1.165, 1.54) is 12.1 Å². The smallest absolute Gasteiger partial charge is 0.368 e. The second-order valence-corrected chi connectivity index (χ2v) is 5.37. The van der Waals surface area contributed by atoms with Crippen molar-refractivity contribution in [3.8, 4) is 0 Å². The molecular weight excluding hydrogens is 313 g/mol. The number of benzene rings is 1. The van der Waals surface area contributed by atoms with Gasteiger partial charge in [-0.15, -0.1) is 0 Å². The summed E-state index contributed by atoms with van der Waals surface area (Å²) in [4.78, 5) is 23.4. The minimum Gasteiger partial charge on any atom is -0.368 e. The van der Waals surface area contributed by atoms with Crippen LogP contribution >= 0.6 is 0 Å². The van der Waals surface area contributed by atoms with Gasteiger partial charge < -0.3 is 15.8 Å². The number of halogens is 3. The number of rotatable bonds is 5. The van der Waals surface area contributed by atoms with Gasteiger partial charge in [-0.05, 0) is 24.5 Å². The number of hydrogen-bond donors (Lipinski definition) is 2. The van der Waals surface area contributed by atoms with Crippen LogP contribution in [-0.4, -0.2) is 30.6 Å². The van der Waals surface area contributed by atoms with Crippen molar-refractivity contribution >= 4 is 11.8 Å². The van der Waals surface area contributed by atoms with Gasteiger partial charge in [-0.2, -0.15) is 13.2 Å². The van der Waals surface area contributed by atoms with Crippen LogP contribution in [0.15, 0.2) is 24.3 Å². The summed E-state index contributed by atoms with van der Waals surface area (Å²) in [5.74, 6) is -1.29. The number of hydrogen-bond acceptors (Lipinski definition) is 3. The number of carbonyl (C=O) groups excluding carboxylic acids is 2. The van der Waals surface area contributed by atoms with Crippen molar-refractivity contribution in [3.05, 3.63) is 35.4 Å². The molecule has 1 heterocycles. The average Bonchev–Trinajstić information content (AvgIpc) is 3.00. The summed E-state index contributed by atoms with van der Waals surface area (Å²) in [6.07, 6.45) is -3.94. The third-order valence-electron chi connectivity index (χ3n) is 3.58. The molecule has 1 fully saturated rings. The van der Waals surface area contributed by atoms with Crippen molar-refractivity contribution in [1.82, 2.24) is 5.32 Å². The zero-order valence-corrected chi connectivity index (χ0v) is 12.2. The Morgan fingerprint density at radius 2 is 2.13 bits per heavy atom. The minimum absolute atomic E-state index is 0.113. The van der Waals surface area contributed by atoms with Gasteiger partial charge in [0.15, 0.2) is 0 Å². The maximum absolute atomic E-state index is 12.7. The molecule has 126 valence electrons. The molecule has 2 rings (SSSR count). The Hall–Kier alpha value is -2.09. The van der Waals surface area contributed by atoms with Crippen LogP contribution in [0.25, 0.3) is 0 Å². The predicted molar refractivity (Wildman–Crippen MR) is 75.2 cm³/mol. The van der Waals surface area contributed by atoms with E-state index < -0.39 is 35.7 Å². The van der Waals surface area contributed by atoms with Crippen molar-refractivity contribution in [2.45, 2.75) is 37.6 Å². The van der Waals surface area contributed by atoms with Gasteiger partial charge in [0, 0.05) is 13.0 Å². The van der Waals surface area contributed by atoms with Crippen LogP contribution in [0, 0.1) is 0 Å². The van der Waals surface area contributed by atoms with E-state index in [1.807, 2.05) is 0 Å². The number of nitrogens with two attached hydrogens (primary N) is 1. The first-order chi connectivity index (χ1) is 10.8. The number of nitrogens with one attached hydrogen (secondary N) is 1. The van der Waals surface area contributed by atoms with E-state index in [9.17, 15) is 22.8 Å². The highest BCUT2D eigenvalue weighted by Gasteiger charge is 2.31. The molecule has 1 aromatic rings. The van der Waals surface area contributed by atoms with Crippen molar-refractivity contribution in [1.29, 1.82) is 0 Å². The summed E-state index contributed by atoms with van der Waals surface area (Å²) >= 11 is 0. The lowest BCUT2D eigenvalue weighted by Crippen LogP contribution is -2.49. The molecule has 0 bridgehead atoms. The fraction of sp³-hybridized carbons (Fsp3) is 0.467. The molecule has 0 spiro atoms. The van der Waals surface area contributed by atoms with Gasteiger partial charge in [0.2, 0.25) is 11.8 Å². The Morgan fingerprint density at radius 3 is 2.70 bits per heavy atom. The highest BCUT2D eigenvalue weighted by molar-refractivity contribution is 5.88. The molecule has 0 saturated carbocycles. The van der Waals surface area contributed by atoms with Crippen LogP contribution < -0.4 is 11.1 Å². The van der Waals surface area contributed by atoms with Crippen molar-refractivity contribution in [2.24, 2.45) is 5.73 Å². The van der Waals surface area contributed by atoms with Gasteiger partial charge in [0.25, 0.3) is 0 Å². The van der Waals surface area contributed by atoms with Crippen LogP contribution in [-0.2, 0) is 26.9 Å². The van der Waals surface area contributed by atoms with Crippen LogP contribution in [0.5, 0.6) is 0 Å². The van der Waals surface area contributed by atoms with Crippen LogP contribution in [0.1, 0.15) is 24.0 Å². The molecule has 8 heteroatoms. The molecule has 1 aliphatic rings. The Balaban J connectivity index is 2.07. The SMILES string of the molecule is NC(=O)[C@@H](Cc1cccc(C(F)(F)F)c1)NC(=O)[C@@H]1CCCO1. The van der Waals surface area contributed by atoms with Crippen molar-refractivity contribution in [2.75, 3.05) is 6.61 Å². The van der Waals surface area contributed by atoms with Crippen LogP contribution in [0.3, 0.4) is 0 Å². The first-order valence-corrected chi connectivity index (χ1v) is 7.15. The van der Waals surface area contributed by atoms with Crippen molar-refractivity contribution < 1.29 is 27.5 Å². The summed E-state index contributed by atoms with van der Waals surface area (Å²) in [5, 5.41) is 2.45. The van der Waals surface area contributed by atoms with Gasteiger partial charge >= 0.3 is 6.18 Å². The van der Waals surface area contributed by atoms with E-state index in [0.29, 0.717) is 13.0 Å². The second-order valence-electron chi connectivity index (χ2n) is 5.37. The number of alkyl halides is 3. The standard InChI is InChI=1S/C15H17F3N2O3/c16-15(17,18)10-4-1-3-9(7-10)8-11(13(19)21)20-14(22)12-5-2-6-23-12/h1,3-4,7,11-12H,2,5-6,8H2,(H2,19,21)(H,20,22)/t11-,12+/m1/s1. The zero-order chi connectivity index (χ0) is 17.0. The Bertz CT molecular complexity index is 584. The molecule has 0 radical (unpaired) electrons. The maximum atomic E-state index is 12.7. The predicted octanol–water partition coefficient (Wildman–Crippen LogP) is 1.40. The third-order valence-corrected chi connectivity index (χ3v) is 3.58.